The topological polar surface area (TPSA) is 114 Å². The predicted molar refractivity (Wildman–Crippen MR) is 119 cm³/mol. The zero-order valence-electron chi connectivity index (χ0n) is 18.2. The molecule has 176 valence electrons. The fourth-order valence-electron chi connectivity index (χ4n) is 4.08. The average molecular weight is 478 g/mol. The van der Waals surface area contributed by atoms with Crippen molar-refractivity contribution < 1.29 is 22.7 Å². The second kappa shape index (κ2) is 10.8. The number of likely N-dealkylation sites (tertiary alicyclic amines) is 1. The quantitative estimate of drug-likeness (QED) is 0.654. The van der Waals surface area contributed by atoms with Crippen molar-refractivity contribution in [1.82, 2.24) is 19.6 Å². The first-order valence-corrected chi connectivity index (χ1v) is 12.1. The summed E-state index contributed by atoms with van der Waals surface area (Å²) < 4.78 is 37.5. The molecule has 2 aliphatic heterocycles. The Kier molecular flexibility index (Phi) is 8.87. The van der Waals surface area contributed by atoms with Crippen LogP contribution in [0.4, 0.5) is 10.7 Å². The second-order valence-electron chi connectivity index (χ2n) is 8.17. The highest BCUT2D eigenvalue weighted by molar-refractivity contribution is 7.88. The van der Waals surface area contributed by atoms with Crippen LogP contribution in [-0.4, -0.2) is 86.7 Å². The SMILES string of the molecule is COC(=O)N1CCC[C@H](NS(C)(=O)=O)[C@@H]1COC1(C)CCN(c2ncccn2)CC1.Cl. The van der Waals surface area contributed by atoms with Crippen LogP contribution in [0.2, 0.25) is 0 Å². The van der Waals surface area contributed by atoms with E-state index in [-0.39, 0.29) is 24.6 Å². The molecule has 1 aromatic heterocycles. The molecule has 0 bridgehead atoms. The highest BCUT2D eigenvalue weighted by Crippen LogP contribution is 2.29. The summed E-state index contributed by atoms with van der Waals surface area (Å²) >= 11 is 0. The minimum Gasteiger partial charge on any atom is -0.453 e. The maximum Gasteiger partial charge on any atom is 0.409 e. The van der Waals surface area contributed by atoms with Gasteiger partial charge >= 0.3 is 6.09 Å². The number of piperidine rings is 2. The van der Waals surface area contributed by atoms with Crippen molar-refractivity contribution in [2.75, 3.05) is 44.5 Å². The third-order valence-electron chi connectivity index (χ3n) is 5.81. The summed E-state index contributed by atoms with van der Waals surface area (Å²) in [6, 6.07) is 0.960. The molecule has 2 atom stereocenters. The Labute approximate surface area is 190 Å². The van der Waals surface area contributed by atoms with Crippen molar-refractivity contribution in [2.24, 2.45) is 0 Å². The minimum absolute atomic E-state index is 0. The summed E-state index contributed by atoms with van der Waals surface area (Å²) in [4.78, 5) is 24.6. The lowest BCUT2D eigenvalue weighted by Gasteiger charge is -2.44. The van der Waals surface area contributed by atoms with Gasteiger partial charge in [-0.25, -0.2) is 27.9 Å². The standard InChI is InChI=1S/C19H31N5O5S.ClH/c1-19(7-12-23(13-8-19)17-20-9-5-10-21-17)29-14-16-15(22-30(3,26)27)6-4-11-24(16)18(25)28-2;/h5,9-10,15-16,22H,4,6-8,11-14H2,1-3H3;1H/t15-,16-;/m0./s1. The molecule has 10 nitrogen and oxygen atoms in total. The molecule has 0 unspecified atom stereocenters. The number of carbonyl (C=O) groups is 1. The summed E-state index contributed by atoms with van der Waals surface area (Å²) in [5.41, 5.74) is -0.375. The molecule has 1 aromatic rings. The number of halogens is 1. The molecule has 3 heterocycles. The van der Waals surface area contributed by atoms with Crippen LogP contribution in [0.15, 0.2) is 18.5 Å². The van der Waals surface area contributed by atoms with E-state index < -0.39 is 28.2 Å². The number of sulfonamides is 1. The molecule has 31 heavy (non-hydrogen) atoms. The highest BCUT2D eigenvalue weighted by Gasteiger charge is 2.39. The Balaban J connectivity index is 0.00000341. The zero-order valence-corrected chi connectivity index (χ0v) is 19.8. The number of nitrogens with one attached hydrogen (secondary N) is 1. The summed E-state index contributed by atoms with van der Waals surface area (Å²) in [6.07, 6.45) is 7.01. The van der Waals surface area contributed by atoms with Gasteiger partial charge in [0.05, 0.1) is 31.6 Å². The van der Waals surface area contributed by atoms with Crippen molar-refractivity contribution in [1.29, 1.82) is 0 Å². The molecule has 1 N–H and O–H groups in total. The van der Waals surface area contributed by atoms with Gasteiger partial charge in [0, 0.05) is 38.1 Å². The van der Waals surface area contributed by atoms with Crippen LogP contribution in [0.25, 0.3) is 0 Å². The molecule has 2 saturated heterocycles. The van der Waals surface area contributed by atoms with Gasteiger partial charge in [0.15, 0.2) is 0 Å². The molecule has 3 rings (SSSR count). The van der Waals surface area contributed by atoms with Gasteiger partial charge in [0.1, 0.15) is 0 Å². The van der Waals surface area contributed by atoms with Gasteiger partial charge in [0.25, 0.3) is 0 Å². The van der Waals surface area contributed by atoms with Gasteiger partial charge in [-0.2, -0.15) is 0 Å². The largest absolute Gasteiger partial charge is 0.453 e. The Morgan fingerprint density at radius 1 is 1.26 bits per heavy atom. The highest BCUT2D eigenvalue weighted by atomic mass is 35.5. The third-order valence-corrected chi connectivity index (χ3v) is 6.54. The van der Waals surface area contributed by atoms with Crippen molar-refractivity contribution in [2.45, 2.75) is 50.3 Å². The molecule has 0 aliphatic carbocycles. The van der Waals surface area contributed by atoms with Gasteiger partial charge in [-0.05, 0) is 38.7 Å². The number of rotatable bonds is 6. The number of nitrogens with zero attached hydrogens (tertiary/aromatic N) is 4. The van der Waals surface area contributed by atoms with Crippen LogP contribution in [0.3, 0.4) is 0 Å². The number of ether oxygens (including phenoxy) is 2. The number of amides is 1. The van der Waals surface area contributed by atoms with E-state index in [9.17, 15) is 13.2 Å². The van der Waals surface area contributed by atoms with Gasteiger partial charge in [-0.1, -0.05) is 0 Å². The van der Waals surface area contributed by atoms with E-state index in [1.807, 2.05) is 0 Å². The molecule has 0 spiro atoms. The van der Waals surface area contributed by atoms with Crippen molar-refractivity contribution >= 4 is 34.5 Å². The van der Waals surface area contributed by atoms with Crippen molar-refractivity contribution in [3.8, 4) is 0 Å². The Morgan fingerprint density at radius 3 is 2.48 bits per heavy atom. The second-order valence-corrected chi connectivity index (χ2v) is 9.95. The monoisotopic (exact) mass is 477 g/mol. The number of anilines is 1. The van der Waals surface area contributed by atoms with Crippen LogP contribution in [0, 0.1) is 0 Å². The minimum atomic E-state index is -3.41. The van der Waals surface area contributed by atoms with Crippen LogP contribution in [0.5, 0.6) is 0 Å². The maximum atomic E-state index is 12.3. The first-order chi connectivity index (χ1) is 14.2. The lowest BCUT2D eigenvalue weighted by atomic mass is 9.92. The average Bonchev–Trinajstić information content (AvgIpc) is 2.72. The Hall–Kier alpha value is -1.69. The lowest BCUT2D eigenvalue weighted by Crippen LogP contribution is -2.59. The van der Waals surface area contributed by atoms with Crippen LogP contribution < -0.4 is 9.62 Å². The molecule has 2 aliphatic rings. The Bertz CT molecular complexity index is 820. The normalized spacial score (nSPS) is 23.7. The zero-order chi connectivity index (χ0) is 21.8. The first-order valence-electron chi connectivity index (χ1n) is 10.2. The van der Waals surface area contributed by atoms with Crippen LogP contribution in [-0.2, 0) is 19.5 Å². The maximum absolute atomic E-state index is 12.3. The molecule has 0 radical (unpaired) electrons. The molecule has 0 aromatic carbocycles. The fourth-order valence-corrected chi connectivity index (χ4v) is 4.91. The van der Waals surface area contributed by atoms with E-state index in [2.05, 4.69) is 26.5 Å². The van der Waals surface area contributed by atoms with Crippen molar-refractivity contribution in [3.05, 3.63) is 18.5 Å². The van der Waals surface area contributed by atoms with E-state index in [0.717, 1.165) is 32.2 Å². The number of hydrogen-bond acceptors (Lipinski definition) is 8. The Morgan fingerprint density at radius 2 is 1.90 bits per heavy atom. The third kappa shape index (κ3) is 6.90. The van der Waals surface area contributed by atoms with E-state index in [1.165, 1.54) is 7.11 Å². The summed E-state index contributed by atoms with van der Waals surface area (Å²) in [7, 11) is -2.08. The smallest absolute Gasteiger partial charge is 0.409 e. The summed E-state index contributed by atoms with van der Waals surface area (Å²) in [6.45, 7) is 4.33. The van der Waals surface area contributed by atoms with Crippen LogP contribution in [0.1, 0.15) is 32.6 Å². The van der Waals surface area contributed by atoms with Gasteiger partial charge < -0.3 is 19.3 Å². The summed E-state index contributed by atoms with van der Waals surface area (Å²) in [5.74, 6) is 0.709. The number of methoxy groups -OCH3 is 1. The number of hydrogen-bond donors (Lipinski definition) is 1. The molecule has 12 heteroatoms. The van der Waals surface area contributed by atoms with E-state index >= 15 is 0 Å². The van der Waals surface area contributed by atoms with E-state index in [4.69, 9.17) is 9.47 Å². The molecule has 1 amide bonds. The molecule has 2 fully saturated rings. The molecular formula is C19H32ClN5O5S. The van der Waals surface area contributed by atoms with Crippen molar-refractivity contribution in [3.63, 3.8) is 0 Å². The summed E-state index contributed by atoms with van der Waals surface area (Å²) in [5, 5.41) is 0. The molecule has 0 saturated carbocycles. The number of aromatic nitrogens is 2. The fraction of sp³-hybridized carbons (Fsp3) is 0.737. The van der Waals surface area contributed by atoms with Gasteiger partial charge in [0.2, 0.25) is 16.0 Å². The number of carbonyl (C=O) groups excluding carboxylic acids is 1. The predicted octanol–water partition coefficient (Wildman–Crippen LogP) is 1.42. The molecular weight excluding hydrogens is 446 g/mol. The van der Waals surface area contributed by atoms with E-state index in [0.29, 0.717) is 25.3 Å². The lowest BCUT2D eigenvalue weighted by molar-refractivity contribution is -0.0773. The van der Waals surface area contributed by atoms with E-state index in [1.54, 1.807) is 23.4 Å². The van der Waals surface area contributed by atoms with Gasteiger partial charge in [-0.15, -0.1) is 12.4 Å². The van der Waals surface area contributed by atoms with Crippen LogP contribution >= 0.6 is 12.4 Å². The van der Waals surface area contributed by atoms with Gasteiger partial charge in [-0.3, -0.25) is 0 Å². The first kappa shape index (κ1) is 25.6.